The normalized spacial score (nSPS) is 23.7. The number of piperidine rings is 1. The fraction of sp³-hybridized carbons (Fsp3) is 0.696. The van der Waals surface area contributed by atoms with Gasteiger partial charge in [0.25, 0.3) is 0 Å². The van der Waals surface area contributed by atoms with Crippen LogP contribution < -0.4 is 21.7 Å². The van der Waals surface area contributed by atoms with Crippen molar-refractivity contribution < 1.29 is 4.79 Å². The molecule has 1 amide bonds. The molecule has 0 bridgehead atoms. The molecule has 9 heteroatoms. The van der Waals surface area contributed by atoms with Crippen LogP contribution in [0.2, 0.25) is 0 Å². The number of fused-ring (bicyclic) bond motifs is 1. The lowest BCUT2D eigenvalue weighted by atomic mass is 9.96. The summed E-state index contributed by atoms with van der Waals surface area (Å²) >= 11 is 0. The molecule has 32 heavy (non-hydrogen) atoms. The molecule has 2 aromatic heterocycles. The van der Waals surface area contributed by atoms with Gasteiger partial charge in [0.15, 0.2) is 5.65 Å². The maximum absolute atomic E-state index is 13.4. The molecule has 2 aromatic rings. The van der Waals surface area contributed by atoms with Crippen molar-refractivity contribution in [2.45, 2.75) is 76.5 Å². The third kappa shape index (κ3) is 4.60. The van der Waals surface area contributed by atoms with Crippen LogP contribution >= 0.6 is 0 Å². The third-order valence-electron chi connectivity index (χ3n) is 6.98. The second kappa shape index (κ2) is 9.72. The highest BCUT2D eigenvalue weighted by molar-refractivity contribution is 5.82. The first-order valence-electron chi connectivity index (χ1n) is 12.0. The summed E-state index contributed by atoms with van der Waals surface area (Å²) in [5.41, 5.74) is 15.1. The number of nitrogens with two attached hydrogens (primary N) is 2. The van der Waals surface area contributed by atoms with Crippen LogP contribution in [-0.2, 0) is 4.79 Å². The Hall–Kier alpha value is -2.23. The number of amides is 1. The molecule has 2 aliphatic heterocycles. The Labute approximate surface area is 190 Å². The van der Waals surface area contributed by atoms with Gasteiger partial charge in [0, 0.05) is 49.5 Å². The smallest absolute Gasteiger partial charge is 0.240 e. The van der Waals surface area contributed by atoms with E-state index in [0.717, 1.165) is 74.5 Å². The molecular formula is C23H38N8O. The molecule has 2 fully saturated rings. The summed E-state index contributed by atoms with van der Waals surface area (Å²) in [5, 5.41) is 8.03. The fourth-order valence-electron chi connectivity index (χ4n) is 5.00. The average Bonchev–Trinajstić information content (AvgIpc) is 3.41. The molecule has 2 aliphatic rings. The molecule has 4 heterocycles. The Morgan fingerprint density at radius 3 is 2.81 bits per heavy atom. The van der Waals surface area contributed by atoms with E-state index in [1.165, 1.54) is 0 Å². The van der Waals surface area contributed by atoms with Crippen molar-refractivity contribution in [3.63, 3.8) is 0 Å². The number of nitrogens with zero attached hydrogens (tertiary/aromatic N) is 5. The zero-order valence-corrected chi connectivity index (χ0v) is 19.6. The van der Waals surface area contributed by atoms with Gasteiger partial charge in [0.1, 0.15) is 5.82 Å². The Morgan fingerprint density at radius 2 is 2.12 bits per heavy atom. The highest BCUT2D eigenvalue weighted by Crippen LogP contribution is 2.32. The quantitative estimate of drug-likeness (QED) is 0.592. The number of carbonyl (C=O) groups excluding carboxylic acids is 1. The van der Waals surface area contributed by atoms with Crippen molar-refractivity contribution in [1.82, 2.24) is 24.8 Å². The van der Waals surface area contributed by atoms with Gasteiger partial charge in [-0.3, -0.25) is 4.79 Å². The number of hydrogen-bond acceptors (Lipinski definition) is 7. The minimum absolute atomic E-state index is 0.0131. The summed E-state index contributed by atoms with van der Waals surface area (Å²) < 4.78 is 1.85. The highest BCUT2D eigenvalue weighted by atomic mass is 16.2. The summed E-state index contributed by atoms with van der Waals surface area (Å²) in [6, 6.07) is 1.96. The van der Waals surface area contributed by atoms with Gasteiger partial charge in [-0.2, -0.15) is 5.10 Å². The first-order valence-corrected chi connectivity index (χ1v) is 12.0. The van der Waals surface area contributed by atoms with Crippen LogP contribution in [0.25, 0.3) is 5.65 Å². The van der Waals surface area contributed by atoms with Crippen LogP contribution in [0.15, 0.2) is 12.3 Å². The molecule has 5 N–H and O–H groups in total. The zero-order chi connectivity index (χ0) is 22.8. The van der Waals surface area contributed by atoms with Gasteiger partial charge < -0.3 is 26.6 Å². The lowest BCUT2D eigenvalue weighted by Gasteiger charge is -2.37. The van der Waals surface area contributed by atoms with Crippen LogP contribution in [0.1, 0.15) is 62.7 Å². The molecule has 0 saturated carbocycles. The molecule has 0 radical (unpaired) electrons. The van der Waals surface area contributed by atoms with Gasteiger partial charge in [-0.25, -0.2) is 9.50 Å². The van der Waals surface area contributed by atoms with Gasteiger partial charge >= 0.3 is 0 Å². The Morgan fingerprint density at radius 1 is 1.31 bits per heavy atom. The van der Waals surface area contributed by atoms with E-state index in [4.69, 9.17) is 21.5 Å². The highest BCUT2D eigenvalue weighted by Gasteiger charge is 2.34. The fourth-order valence-corrected chi connectivity index (χ4v) is 5.00. The maximum atomic E-state index is 13.4. The predicted molar refractivity (Wildman–Crippen MR) is 127 cm³/mol. The number of aryl methyl sites for hydroxylation is 1. The Kier molecular flexibility index (Phi) is 6.97. The topological polar surface area (TPSA) is 118 Å². The van der Waals surface area contributed by atoms with E-state index in [1.54, 1.807) is 0 Å². The summed E-state index contributed by atoms with van der Waals surface area (Å²) in [7, 11) is 1.84. The first-order chi connectivity index (χ1) is 15.4. The van der Waals surface area contributed by atoms with Crippen molar-refractivity contribution in [1.29, 1.82) is 0 Å². The van der Waals surface area contributed by atoms with Crippen LogP contribution in [0, 0.1) is 6.92 Å². The molecule has 0 aliphatic carbocycles. The standard InChI is InChI=1S/C23H38N8O/c1-4-16(24)11-19(26-3)23(32)30-9-6-5-7-20(30)18-12-21-27-22(15(2)13-31(21)28-18)29-10-8-17(25)14-29/h12-13,16-17,19-20,26H,4-11,14,24-25H2,1-3H3/t16?,17-,19?,20-/m0/s1. The molecule has 4 atom stereocenters. The van der Waals surface area contributed by atoms with Gasteiger partial charge in [-0.1, -0.05) is 6.92 Å². The molecule has 4 rings (SSSR count). The van der Waals surface area contributed by atoms with E-state index in [2.05, 4.69) is 24.1 Å². The minimum atomic E-state index is -0.270. The Bertz CT molecular complexity index is 943. The number of likely N-dealkylation sites (tertiary alicyclic amines) is 1. The second-order valence-electron chi connectivity index (χ2n) is 9.40. The lowest BCUT2D eigenvalue weighted by Crippen LogP contribution is -2.50. The Balaban J connectivity index is 1.60. The number of hydrogen-bond donors (Lipinski definition) is 3. The second-order valence-corrected chi connectivity index (χ2v) is 9.40. The number of anilines is 1. The summed E-state index contributed by atoms with van der Waals surface area (Å²) in [4.78, 5) is 22.6. The van der Waals surface area contributed by atoms with Crippen molar-refractivity contribution in [2.24, 2.45) is 11.5 Å². The first kappa shape index (κ1) is 22.9. The van der Waals surface area contributed by atoms with Crippen LogP contribution in [-0.4, -0.2) is 70.2 Å². The number of rotatable bonds is 7. The number of carbonyl (C=O) groups is 1. The number of aromatic nitrogens is 3. The van der Waals surface area contributed by atoms with Crippen LogP contribution in [0.4, 0.5) is 5.82 Å². The molecule has 2 unspecified atom stereocenters. The van der Waals surface area contributed by atoms with Gasteiger partial charge in [-0.05, 0) is 52.5 Å². The predicted octanol–water partition coefficient (Wildman–Crippen LogP) is 1.34. The molecule has 9 nitrogen and oxygen atoms in total. The van der Waals surface area contributed by atoms with Crippen LogP contribution in [0.5, 0.6) is 0 Å². The van der Waals surface area contributed by atoms with Crippen molar-refractivity contribution in [2.75, 3.05) is 31.6 Å². The van der Waals surface area contributed by atoms with Gasteiger partial charge in [0.2, 0.25) is 5.91 Å². The van der Waals surface area contributed by atoms with E-state index in [0.29, 0.717) is 6.42 Å². The summed E-state index contributed by atoms with van der Waals surface area (Å²) in [6.45, 7) is 6.64. The molecule has 2 saturated heterocycles. The van der Waals surface area contributed by atoms with Crippen molar-refractivity contribution >= 4 is 17.4 Å². The largest absolute Gasteiger partial charge is 0.355 e. The van der Waals surface area contributed by atoms with E-state index in [1.807, 2.05) is 28.7 Å². The maximum Gasteiger partial charge on any atom is 0.240 e. The summed E-state index contributed by atoms with van der Waals surface area (Å²) in [6.07, 6.45) is 7.55. The van der Waals surface area contributed by atoms with E-state index in [9.17, 15) is 4.79 Å². The van der Waals surface area contributed by atoms with E-state index in [-0.39, 0.29) is 30.1 Å². The van der Waals surface area contributed by atoms with Gasteiger partial charge in [0.05, 0.1) is 17.8 Å². The number of nitrogens with one attached hydrogen (secondary N) is 1. The van der Waals surface area contributed by atoms with Crippen molar-refractivity contribution in [3.8, 4) is 0 Å². The molecule has 0 spiro atoms. The SMILES string of the molecule is CCC(N)CC(NC)C(=O)N1CCCC[C@H]1c1cc2nc(N3CC[C@H](N)C3)c(C)cn2n1. The molecule has 176 valence electrons. The van der Waals surface area contributed by atoms with E-state index < -0.39 is 0 Å². The lowest BCUT2D eigenvalue weighted by molar-refractivity contribution is -0.137. The summed E-state index contributed by atoms with van der Waals surface area (Å²) in [5.74, 6) is 1.10. The minimum Gasteiger partial charge on any atom is -0.355 e. The average molecular weight is 443 g/mol. The van der Waals surface area contributed by atoms with Crippen molar-refractivity contribution in [3.05, 3.63) is 23.5 Å². The van der Waals surface area contributed by atoms with Gasteiger partial charge in [-0.15, -0.1) is 0 Å². The van der Waals surface area contributed by atoms with Crippen LogP contribution in [0.3, 0.4) is 0 Å². The van der Waals surface area contributed by atoms with E-state index >= 15 is 0 Å². The number of likely N-dealkylation sites (N-methyl/N-ethyl adjacent to an activating group) is 1. The zero-order valence-electron chi connectivity index (χ0n) is 19.6. The molecular weight excluding hydrogens is 404 g/mol. The molecule has 0 aromatic carbocycles. The monoisotopic (exact) mass is 442 g/mol. The third-order valence-corrected chi connectivity index (χ3v) is 6.98.